The third-order valence-corrected chi connectivity index (χ3v) is 3.75. The van der Waals surface area contributed by atoms with E-state index in [-0.39, 0.29) is 13.2 Å². The summed E-state index contributed by atoms with van der Waals surface area (Å²) < 4.78 is 12.5. The van der Waals surface area contributed by atoms with Crippen LogP contribution in [0.15, 0.2) is 60.9 Å². The number of para-hydroxylation sites is 1. The second-order valence-electron chi connectivity index (χ2n) is 5.85. The van der Waals surface area contributed by atoms with Crippen molar-refractivity contribution in [1.29, 1.82) is 0 Å². The Labute approximate surface area is 146 Å². The summed E-state index contributed by atoms with van der Waals surface area (Å²) >= 11 is 0. The summed E-state index contributed by atoms with van der Waals surface area (Å²) in [5.74, 6) is 0.294. The molecule has 0 N–H and O–H groups in total. The van der Waals surface area contributed by atoms with Gasteiger partial charge in [0.2, 0.25) is 0 Å². The second kappa shape index (κ2) is 7.66. The number of benzene rings is 2. The first-order valence-corrected chi connectivity index (χ1v) is 8.06. The Morgan fingerprint density at radius 1 is 1.12 bits per heavy atom. The van der Waals surface area contributed by atoms with Gasteiger partial charge in [0.25, 0.3) is 0 Å². The third-order valence-electron chi connectivity index (χ3n) is 3.75. The van der Waals surface area contributed by atoms with Gasteiger partial charge < -0.3 is 9.47 Å². The molecule has 128 valence electrons. The molecule has 0 fully saturated rings. The number of ether oxygens (including phenoxy) is 2. The molecule has 0 radical (unpaired) electrons. The van der Waals surface area contributed by atoms with Crippen LogP contribution in [0.25, 0.3) is 5.69 Å². The molecule has 0 spiro atoms. The van der Waals surface area contributed by atoms with Crippen molar-refractivity contribution >= 4 is 5.97 Å². The van der Waals surface area contributed by atoms with Gasteiger partial charge >= 0.3 is 5.97 Å². The maximum Gasteiger partial charge on any atom is 0.344 e. The van der Waals surface area contributed by atoms with Gasteiger partial charge in [-0.1, -0.05) is 30.3 Å². The molecule has 0 aliphatic heterocycles. The fourth-order valence-corrected chi connectivity index (χ4v) is 2.36. The van der Waals surface area contributed by atoms with Crippen molar-refractivity contribution < 1.29 is 14.3 Å². The lowest BCUT2D eigenvalue weighted by molar-refractivity contribution is -0.147. The molecule has 0 saturated heterocycles. The molecule has 0 bridgehead atoms. The van der Waals surface area contributed by atoms with Gasteiger partial charge in [-0.05, 0) is 43.2 Å². The van der Waals surface area contributed by atoms with Gasteiger partial charge in [0.05, 0.1) is 11.9 Å². The topological polar surface area (TPSA) is 53.4 Å². The molecular formula is C20H20N2O3. The lowest BCUT2D eigenvalue weighted by atomic mass is 10.1. The number of aryl methyl sites for hydroxylation is 2. The number of carbonyl (C=O) groups excluding carboxylic acids is 1. The molecule has 0 unspecified atom stereocenters. The molecule has 3 aromatic rings. The van der Waals surface area contributed by atoms with E-state index >= 15 is 0 Å². The van der Waals surface area contributed by atoms with Crippen LogP contribution in [-0.4, -0.2) is 22.4 Å². The van der Waals surface area contributed by atoms with Gasteiger partial charge in [-0.25, -0.2) is 9.48 Å². The van der Waals surface area contributed by atoms with E-state index < -0.39 is 5.97 Å². The number of rotatable bonds is 6. The minimum absolute atomic E-state index is 0.114. The summed E-state index contributed by atoms with van der Waals surface area (Å²) in [5.41, 5.74) is 3.85. The highest BCUT2D eigenvalue weighted by atomic mass is 16.6. The van der Waals surface area contributed by atoms with Crippen LogP contribution >= 0.6 is 0 Å². The van der Waals surface area contributed by atoms with Crippen molar-refractivity contribution in [1.82, 2.24) is 9.78 Å². The lowest BCUT2D eigenvalue weighted by Gasteiger charge is -2.09. The molecule has 0 amide bonds. The summed E-state index contributed by atoms with van der Waals surface area (Å²) in [4.78, 5) is 11.9. The number of hydrogen-bond donors (Lipinski definition) is 0. The molecule has 5 nitrogen and oxygen atoms in total. The Balaban J connectivity index is 1.51. The Morgan fingerprint density at radius 2 is 1.92 bits per heavy atom. The average Bonchev–Trinajstić information content (AvgIpc) is 3.10. The van der Waals surface area contributed by atoms with E-state index in [1.54, 1.807) is 10.9 Å². The smallest absolute Gasteiger partial charge is 0.344 e. The fourth-order valence-electron chi connectivity index (χ4n) is 2.36. The Morgan fingerprint density at radius 3 is 2.72 bits per heavy atom. The van der Waals surface area contributed by atoms with Crippen molar-refractivity contribution in [2.45, 2.75) is 20.5 Å². The van der Waals surface area contributed by atoms with Crippen LogP contribution in [0.5, 0.6) is 5.75 Å². The van der Waals surface area contributed by atoms with Gasteiger partial charge in [0.1, 0.15) is 12.4 Å². The van der Waals surface area contributed by atoms with Crippen molar-refractivity contribution in [2.24, 2.45) is 0 Å². The largest absolute Gasteiger partial charge is 0.482 e. The van der Waals surface area contributed by atoms with E-state index in [0.29, 0.717) is 5.75 Å². The number of hydrogen-bond acceptors (Lipinski definition) is 4. The number of esters is 1. The Bertz CT molecular complexity index is 856. The van der Waals surface area contributed by atoms with Gasteiger partial charge in [0.15, 0.2) is 6.61 Å². The standard InChI is InChI=1S/C20H20N2O3/c1-15-8-9-16(2)19(10-15)24-14-20(23)25-13-17-11-21-22(12-17)18-6-4-3-5-7-18/h3-12H,13-14H2,1-2H3. The maximum absolute atomic E-state index is 11.9. The summed E-state index contributed by atoms with van der Waals surface area (Å²) in [6, 6.07) is 15.6. The van der Waals surface area contributed by atoms with Crippen LogP contribution < -0.4 is 4.74 Å². The van der Waals surface area contributed by atoms with E-state index in [0.717, 1.165) is 22.4 Å². The highest BCUT2D eigenvalue weighted by Gasteiger charge is 2.08. The van der Waals surface area contributed by atoms with Crippen LogP contribution in [0.1, 0.15) is 16.7 Å². The molecule has 0 aliphatic rings. The summed E-state index contributed by atoms with van der Waals surface area (Å²) in [6.45, 7) is 3.98. The van der Waals surface area contributed by atoms with E-state index in [1.807, 2.05) is 68.6 Å². The molecular weight excluding hydrogens is 316 g/mol. The number of carbonyl (C=O) groups is 1. The minimum atomic E-state index is -0.409. The maximum atomic E-state index is 11.9. The molecule has 2 aromatic carbocycles. The van der Waals surface area contributed by atoms with E-state index in [4.69, 9.17) is 9.47 Å². The summed E-state index contributed by atoms with van der Waals surface area (Å²) in [7, 11) is 0. The highest BCUT2D eigenvalue weighted by molar-refractivity contribution is 5.71. The van der Waals surface area contributed by atoms with E-state index in [1.165, 1.54) is 0 Å². The number of nitrogens with zero attached hydrogens (tertiary/aromatic N) is 2. The van der Waals surface area contributed by atoms with Crippen molar-refractivity contribution in [3.8, 4) is 11.4 Å². The third kappa shape index (κ3) is 4.47. The first kappa shape index (κ1) is 16.8. The SMILES string of the molecule is Cc1ccc(C)c(OCC(=O)OCc2cnn(-c3ccccc3)c2)c1. The minimum Gasteiger partial charge on any atom is -0.482 e. The van der Waals surface area contributed by atoms with Gasteiger partial charge in [-0.2, -0.15) is 5.10 Å². The molecule has 1 heterocycles. The van der Waals surface area contributed by atoms with Crippen LogP contribution in [-0.2, 0) is 16.1 Å². The molecule has 5 heteroatoms. The van der Waals surface area contributed by atoms with E-state index in [9.17, 15) is 4.79 Å². The highest BCUT2D eigenvalue weighted by Crippen LogP contribution is 2.19. The van der Waals surface area contributed by atoms with Gasteiger partial charge in [-0.3, -0.25) is 0 Å². The van der Waals surface area contributed by atoms with Crippen LogP contribution in [0.4, 0.5) is 0 Å². The van der Waals surface area contributed by atoms with Crippen LogP contribution in [0.2, 0.25) is 0 Å². The molecule has 0 saturated carbocycles. The second-order valence-corrected chi connectivity index (χ2v) is 5.85. The Hall–Kier alpha value is -3.08. The fraction of sp³-hybridized carbons (Fsp3) is 0.200. The van der Waals surface area contributed by atoms with E-state index in [2.05, 4.69) is 5.10 Å². The molecule has 0 atom stereocenters. The Kier molecular flexibility index (Phi) is 5.14. The molecule has 3 rings (SSSR count). The predicted octanol–water partition coefficient (Wildman–Crippen LogP) is 3.61. The lowest BCUT2D eigenvalue weighted by Crippen LogP contribution is -2.15. The predicted molar refractivity (Wildman–Crippen MR) is 94.8 cm³/mol. The zero-order chi connectivity index (χ0) is 17.6. The first-order valence-electron chi connectivity index (χ1n) is 8.06. The zero-order valence-corrected chi connectivity index (χ0v) is 14.3. The number of aromatic nitrogens is 2. The van der Waals surface area contributed by atoms with Crippen molar-refractivity contribution in [3.63, 3.8) is 0 Å². The van der Waals surface area contributed by atoms with Crippen molar-refractivity contribution in [3.05, 3.63) is 77.6 Å². The zero-order valence-electron chi connectivity index (χ0n) is 14.3. The van der Waals surface area contributed by atoms with Gasteiger partial charge in [0, 0.05) is 11.8 Å². The molecule has 25 heavy (non-hydrogen) atoms. The van der Waals surface area contributed by atoms with Crippen LogP contribution in [0, 0.1) is 13.8 Å². The summed E-state index contributed by atoms with van der Waals surface area (Å²) in [6.07, 6.45) is 3.53. The first-order chi connectivity index (χ1) is 12.1. The van der Waals surface area contributed by atoms with Gasteiger partial charge in [-0.15, -0.1) is 0 Å². The van der Waals surface area contributed by atoms with Crippen LogP contribution in [0.3, 0.4) is 0 Å². The normalized spacial score (nSPS) is 10.5. The quantitative estimate of drug-likeness (QED) is 0.645. The summed E-state index contributed by atoms with van der Waals surface area (Å²) in [5, 5.41) is 4.27. The molecule has 0 aliphatic carbocycles. The molecule has 1 aromatic heterocycles. The average molecular weight is 336 g/mol. The van der Waals surface area contributed by atoms with Crippen molar-refractivity contribution in [2.75, 3.05) is 6.61 Å². The monoisotopic (exact) mass is 336 g/mol.